The molecule has 0 saturated carbocycles. The predicted molar refractivity (Wildman–Crippen MR) is 82.7 cm³/mol. The van der Waals surface area contributed by atoms with Crippen LogP contribution in [0.15, 0.2) is 22.7 Å². The molecule has 0 radical (unpaired) electrons. The second-order valence-electron chi connectivity index (χ2n) is 5.07. The number of piperidine rings is 1. The molecule has 1 fully saturated rings. The Morgan fingerprint density at radius 1 is 1.42 bits per heavy atom. The fourth-order valence-electron chi connectivity index (χ4n) is 2.56. The van der Waals surface area contributed by atoms with Crippen molar-refractivity contribution in [2.75, 3.05) is 20.2 Å². The molecule has 106 valence electrons. The third kappa shape index (κ3) is 4.79. The third-order valence-corrected chi connectivity index (χ3v) is 4.13. The standard InChI is InChI=1S/C15H23BrN2O/c1-19-15-6-5-13(16)10-12(15)11-17-9-7-14-4-2-3-8-18-14/h5-6,10,14,17-18H,2-4,7-9,11H2,1H3. The average Bonchev–Trinajstić information content (AvgIpc) is 2.45. The van der Waals surface area contributed by atoms with Crippen LogP contribution in [0, 0.1) is 0 Å². The zero-order valence-electron chi connectivity index (χ0n) is 11.5. The molecule has 4 heteroatoms. The van der Waals surface area contributed by atoms with Crippen LogP contribution in [0.4, 0.5) is 0 Å². The van der Waals surface area contributed by atoms with E-state index in [1.807, 2.05) is 12.1 Å². The van der Waals surface area contributed by atoms with E-state index >= 15 is 0 Å². The summed E-state index contributed by atoms with van der Waals surface area (Å²) < 4.78 is 6.47. The predicted octanol–water partition coefficient (Wildman–Crippen LogP) is 3.08. The molecule has 3 nitrogen and oxygen atoms in total. The van der Waals surface area contributed by atoms with Crippen molar-refractivity contribution in [2.24, 2.45) is 0 Å². The molecule has 0 bridgehead atoms. The largest absolute Gasteiger partial charge is 0.496 e. The summed E-state index contributed by atoms with van der Waals surface area (Å²) in [6, 6.07) is 6.83. The average molecular weight is 327 g/mol. The molecule has 0 aromatic heterocycles. The maximum Gasteiger partial charge on any atom is 0.123 e. The topological polar surface area (TPSA) is 33.3 Å². The second-order valence-corrected chi connectivity index (χ2v) is 5.98. The molecule has 1 unspecified atom stereocenters. The SMILES string of the molecule is COc1ccc(Br)cc1CNCCC1CCCCN1. The molecule has 1 aromatic carbocycles. The van der Waals surface area contributed by atoms with Gasteiger partial charge < -0.3 is 15.4 Å². The van der Waals surface area contributed by atoms with Crippen molar-refractivity contribution >= 4 is 15.9 Å². The minimum Gasteiger partial charge on any atom is -0.496 e. The van der Waals surface area contributed by atoms with Crippen LogP contribution in [0.2, 0.25) is 0 Å². The third-order valence-electron chi connectivity index (χ3n) is 3.64. The number of hydrogen-bond donors (Lipinski definition) is 2. The Kier molecular flexibility index (Phi) is 6.14. The number of halogens is 1. The Bertz CT molecular complexity index is 392. The normalized spacial score (nSPS) is 19.4. The first kappa shape index (κ1) is 14.8. The van der Waals surface area contributed by atoms with Gasteiger partial charge >= 0.3 is 0 Å². The van der Waals surface area contributed by atoms with Gasteiger partial charge in [0.25, 0.3) is 0 Å². The molecular formula is C15H23BrN2O. The number of ether oxygens (including phenoxy) is 1. The van der Waals surface area contributed by atoms with Crippen molar-refractivity contribution in [3.8, 4) is 5.75 Å². The molecule has 19 heavy (non-hydrogen) atoms. The molecule has 1 aliphatic rings. The van der Waals surface area contributed by atoms with Crippen LogP contribution in [0.5, 0.6) is 5.75 Å². The summed E-state index contributed by atoms with van der Waals surface area (Å²) in [4.78, 5) is 0. The second kappa shape index (κ2) is 7.88. The maximum absolute atomic E-state index is 5.37. The molecule has 2 rings (SSSR count). The van der Waals surface area contributed by atoms with Gasteiger partial charge in [-0.3, -0.25) is 0 Å². The zero-order chi connectivity index (χ0) is 13.5. The van der Waals surface area contributed by atoms with Crippen molar-refractivity contribution in [3.63, 3.8) is 0 Å². The number of hydrogen-bond acceptors (Lipinski definition) is 3. The summed E-state index contributed by atoms with van der Waals surface area (Å²) >= 11 is 3.50. The van der Waals surface area contributed by atoms with Crippen LogP contribution in [-0.4, -0.2) is 26.2 Å². The van der Waals surface area contributed by atoms with Gasteiger partial charge in [0.15, 0.2) is 0 Å². The first-order valence-electron chi connectivity index (χ1n) is 7.06. The lowest BCUT2D eigenvalue weighted by Crippen LogP contribution is -2.36. The Labute approximate surface area is 124 Å². The first-order chi connectivity index (χ1) is 9.29. The summed E-state index contributed by atoms with van der Waals surface area (Å²) in [5.74, 6) is 0.950. The van der Waals surface area contributed by atoms with E-state index in [1.165, 1.54) is 37.8 Å². The van der Waals surface area contributed by atoms with Crippen molar-refractivity contribution in [2.45, 2.75) is 38.3 Å². The van der Waals surface area contributed by atoms with Gasteiger partial charge in [-0.1, -0.05) is 22.4 Å². The quantitative estimate of drug-likeness (QED) is 0.788. The van der Waals surface area contributed by atoms with E-state index in [-0.39, 0.29) is 0 Å². The van der Waals surface area contributed by atoms with Gasteiger partial charge in [-0.15, -0.1) is 0 Å². The molecule has 1 aromatic rings. The van der Waals surface area contributed by atoms with E-state index in [9.17, 15) is 0 Å². The van der Waals surface area contributed by atoms with Crippen LogP contribution in [0.25, 0.3) is 0 Å². The highest BCUT2D eigenvalue weighted by Gasteiger charge is 2.11. The maximum atomic E-state index is 5.37. The van der Waals surface area contributed by atoms with Gasteiger partial charge in [0.05, 0.1) is 7.11 Å². The molecule has 1 heterocycles. The van der Waals surface area contributed by atoms with Crippen LogP contribution in [0.1, 0.15) is 31.2 Å². The summed E-state index contributed by atoms with van der Waals surface area (Å²) in [7, 11) is 1.72. The van der Waals surface area contributed by atoms with E-state index < -0.39 is 0 Å². The highest BCUT2D eigenvalue weighted by atomic mass is 79.9. The lowest BCUT2D eigenvalue weighted by Gasteiger charge is -2.23. The number of rotatable bonds is 6. The lowest BCUT2D eigenvalue weighted by atomic mass is 10.0. The fraction of sp³-hybridized carbons (Fsp3) is 0.600. The monoisotopic (exact) mass is 326 g/mol. The Hall–Kier alpha value is -0.580. The van der Waals surface area contributed by atoms with Gasteiger partial charge in [-0.05, 0) is 50.6 Å². The highest BCUT2D eigenvalue weighted by Crippen LogP contribution is 2.22. The lowest BCUT2D eigenvalue weighted by molar-refractivity contribution is 0.374. The van der Waals surface area contributed by atoms with E-state index in [1.54, 1.807) is 7.11 Å². The summed E-state index contributed by atoms with van der Waals surface area (Å²) in [5.41, 5.74) is 1.20. The van der Waals surface area contributed by atoms with Crippen molar-refractivity contribution in [3.05, 3.63) is 28.2 Å². The van der Waals surface area contributed by atoms with Crippen molar-refractivity contribution in [1.82, 2.24) is 10.6 Å². The number of benzene rings is 1. The van der Waals surface area contributed by atoms with Crippen LogP contribution in [0.3, 0.4) is 0 Å². The van der Waals surface area contributed by atoms with Crippen LogP contribution < -0.4 is 15.4 Å². The van der Waals surface area contributed by atoms with E-state index in [4.69, 9.17) is 4.74 Å². The van der Waals surface area contributed by atoms with Gasteiger partial charge in [-0.2, -0.15) is 0 Å². The van der Waals surface area contributed by atoms with Gasteiger partial charge in [0.1, 0.15) is 5.75 Å². The zero-order valence-corrected chi connectivity index (χ0v) is 13.1. The summed E-state index contributed by atoms with van der Waals surface area (Å²) in [6.45, 7) is 3.09. The fourth-order valence-corrected chi connectivity index (χ4v) is 2.96. The van der Waals surface area contributed by atoms with Crippen molar-refractivity contribution < 1.29 is 4.74 Å². The smallest absolute Gasteiger partial charge is 0.123 e. The van der Waals surface area contributed by atoms with Crippen LogP contribution in [-0.2, 0) is 6.54 Å². The Balaban J connectivity index is 1.74. The molecule has 0 amide bonds. The summed E-state index contributed by atoms with van der Waals surface area (Å²) in [5, 5.41) is 7.09. The molecular weight excluding hydrogens is 304 g/mol. The number of methoxy groups -OCH3 is 1. The Morgan fingerprint density at radius 2 is 2.32 bits per heavy atom. The van der Waals surface area contributed by atoms with Crippen molar-refractivity contribution in [1.29, 1.82) is 0 Å². The molecule has 1 atom stereocenters. The molecule has 1 aliphatic heterocycles. The van der Waals surface area contributed by atoms with Gasteiger partial charge in [-0.25, -0.2) is 0 Å². The molecule has 0 spiro atoms. The van der Waals surface area contributed by atoms with E-state index in [2.05, 4.69) is 32.6 Å². The van der Waals surface area contributed by atoms with Gasteiger partial charge in [0, 0.05) is 22.6 Å². The Morgan fingerprint density at radius 3 is 3.05 bits per heavy atom. The molecule has 2 N–H and O–H groups in total. The van der Waals surface area contributed by atoms with Gasteiger partial charge in [0.2, 0.25) is 0 Å². The minimum absolute atomic E-state index is 0.700. The summed E-state index contributed by atoms with van der Waals surface area (Å²) in [6.07, 6.45) is 5.23. The van der Waals surface area contributed by atoms with Crippen LogP contribution >= 0.6 is 15.9 Å². The number of nitrogens with one attached hydrogen (secondary N) is 2. The first-order valence-corrected chi connectivity index (χ1v) is 7.85. The van der Waals surface area contributed by atoms with E-state index in [0.717, 1.165) is 23.3 Å². The highest BCUT2D eigenvalue weighted by molar-refractivity contribution is 9.10. The van der Waals surface area contributed by atoms with E-state index in [0.29, 0.717) is 6.04 Å². The molecule has 0 aliphatic carbocycles. The molecule has 1 saturated heterocycles. The minimum atomic E-state index is 0.700.